The summed E-state index contributed by atoms with van der Waals surface area (Å²) in [4.78, 5) is 23.0. The first kappa shape index (κ1) is 15.0. The van der Waals surface area contributed by atoms with E-state index >= 15 is 0 Å². The molecule has 0 aliphatic rings. The Morgan fingerprint density at radius 1 is 1.43 bits per heavy atom. The lowest BCUT2D eigenvalue weighted by atomic mass is 10.1. The van der Waals surface area contributed by atoms with Crippen LogP contribution in [0, 0.1) is 12.7 Å². The number of carbonyl (C=O) groups excluding carboxylic acids is 1. The van der Waals surface area contributed by atoms with Gasteiger partial charge in [0.2, 0.25) is 0 Å². The second kappa shape index (κ2) is 5.92. The van der Waals surface area contributed by atoms with E-state index in [-0.39, 0.29) is 18.8 Å². The van der Waals surface area contributed by atoms with E-state index in [2.05, 4.69) is 5.32 Å². The molecule has 0 radical (unpaired) electrons. The minimum atomic E-state index is -1.25. The average molecular weight is 295 g/mol. The molecule has 0 aliphatic heterocycles. The van der Waals surface area contributed by atoms with Gasteiger partial charge in [-0.25, -0.2) is 9.18 Å². The fourth-order valence-electron chi connectivity index (χ4n) is 2.02. The third-order valence-electron chi connectivity index (χ3n) is 3.13. The summed E-state index contributed by atoms with van der Waals surface area (Å²) in [5.74, 6) is -2.50. The van der Waals surface area contributed by atoms with Gasteiger partial charge >= 0.3 is 5.97 Å². The number of hydrogen-bond acceptors (Lipinski definition) is 4. The van der Waals surface area contributed by atoms with E-state index in [1.807, 2.05) is 0 Å². The molecule has 1 aromatic heterocycles. The number of nitrogens with one attached hydrogen (secondary N) is 1. The number of halogens is 1. The molecule has 6 nitrogen and oxygen atoms in total. The molecule has 2 aromatic rings. The van der Waals surface area contributed by atoms with Crippen LogP contribution in [0.1, 0.15) is 22.5 Å². The highest BCUT2D eigenvalue weighted by molar-refractivity contribution is 6.00. The van der Waals surface area contributed by atoms with Crippen LogP contribution in [0.4, 0.5) is 4.39 Å². The zero-order valence-corrected chi connectivity index (χ0v) is 11.2. The van der Waals surface area contributed by atoms with Crippen LogP contribution in [0.3, 0.4) is 0 Å². The maximum Gasteiger partial charge on any atom is 0.326 e. The minimum Gasteiger partial charge on any atom is -0.480 e. The zero-order chi connectivity index (χ0) is 15.6. The predicted octanol–water partition coefficient (Wildman–Crippen LogP) is 1.45. The Bertz CT molecular complexity index is 694. The SMILES string of the molecule is Cc1c(C(=O)N[C@H](CCO)C(=O)O)oc2ccc(F)cc12. The number of carboxylic acids is 1. The maximum absolute atomic E-state index is 13.2. The summed E-state index contributed by atoms with van der Waals surface area (Å²) < 4.78 is 18.5. The quantitative estimate of drug-likeness (QED) is 0.775. The first-order chi connectivity index (χ1) is 9.93. The third kappa shape index (κ3) is 3.03. The molecule has 0 bridgehead atoms. The predicted molar refractivity (Wildman–Crippen MR) is 71.5 cm³/mol. The van der Waals surface area contributed by atoms with Gasteiger partial charge in [-0.05, 0) is 25.1 Å². The zero-order valence-electron chi connectivity index (χ0n) is 11.2. The summed E-state index contributed by atoms with van der Waals surface area (Å²) in [6, 6.07) is 2.63. The summed E-state index contributed by atoms with van der Waals surface area (Å²) in [7, 11) is 0. The molecule has 0 aliphatic carbocycles. The van der Waals surface area contributed by atoms with Crippen LogP contribution in [0.25, 0.3) is 11.0 Å². The number of aliphatic hydroxyl groups is 1. The first-order valence-corrected chi connectivity index (χ1v) is 6.27. The molecule has 0 saturated heterocycles. The molecule has 0 unspecified atom stereocenters. The van der Waals surface area contributed by atoms with Gasteiger partial charge in [0, 0.05) is 24.0 Å². The summed E-state index contributed by atoms with van der Waals surface area (Å²) in [5, 5.41) is 20.4. The van der Waals surface area contributed by atoms with Crippen molar-refractivity contribution < 1.29 is 28.6 Å². The van der Waals surface area contributed by atoms with E-state index in [4.69, 9.17) is 14.6 Å². The van der Waals surface area contributed by atoms with Gasteiger partial charge in [0.25, 0.3) is 5.91 Å². The monoisotopic (exact) mass is 295 g/mol. The van der Waals surface area contributed by atoms with E-state index in [1.165, 1.54) is 18.2 Å². The summed E-state index contributed by atoms with van der Waals surface area (Å²) in [6.07, 6.45) is -0.116. The van der Waals surface area contributed by atoms with Crippen molar-refractivity contribution >= 4 is 22.8 Å². The fourth-order valence-corrected chi connectivity index (χ4v) is 2.02. The second-order valence-corrected chi connectivity index (χ2v) is 4.57. The van der Waals surface area contributed by atoms with Crippen LogP contribution in [-0.2, 0) is 4.79 Å². The Balaban J connectivity index is 2.31. The molecule has 1 atom stereocenters. The van der Waals surface area contributed by atoms with Crippen LogP contribution in [0.5, 0.6) is 0 Å². The number of rotatable bonds is 5. The minimum absolute atomic E-state index is 0.0696. The Morgan fingerprint density at radius 3 is 2.76 bits per heavy atom. The lowest BCUT2D eigenvalue weighted by molar-refractivity contribution is -0.139. The number of fused-ring (bicyclic) bond motifs is 1. The molecular formula is C14H14FNO5. The summed E-state index contributed by atoms with van der Waals surface area (Å²) >= 11 is 0. The van der Waals surface area contributed by atoms with E-state index in [1.54, 1.807) is 6.92 Å². The molecule has 7 heteroatoms. The Hall–Kier alpha value is -2.41. The molecule has 21 heavy (non-hydrogen) atoms. The number of aliphatic hydroxyl groups excluding tert-OH is 1. The third-order valence-corrected chi connectivity index (χ3v) is 3.13. The highest BCUT2D eigenvalue weighted by atomic mass is 19.1. The molecular weight excluding hydrogens is 281 g/mol. The lowest BCUT2D eigenvalue weighted by Crippen LogP contribution is -2.41. The van der Waals surface area contributed by atoms with E-state index in [0.717, 1.165) is 0 Å². The van der Waals surface area contributed by atoms with Crippen molar-refractivity contribution in [2.45, 2.75) is 19.4 Å². The van der Waals surface area contributed by atoms with Gasteiger partial charge in [-0.15, -0.1) is 0 Å². The van der Waals surface area contributed by atoms with Crippen molar-refractivity contribution in [3.63, 3.8) is 0 Å². The number of carboxylic acid groups (broad SMARTS) is 1. The van der Waals surface area contributed by atoms with Crippen molar-refractivity contribution in [2.24, 2.45) is 0 Å². The topological polar surface area (TPSA) is 99.8 Å². The largest absolute Gasteiger partial charge is 0.480 e. The fraction of sp³-hybridized carbons (Fsp3) is 0.286. The number of aryl methyl sites for hydroxylation is 1. The summed E-state index contributed by atoms with van der Waals surface area (Å²) in [6.45, 7) is 1.21. The van der Waals surface area contributed by atoms with Gasteiger partial charge in [-0.1, -0.05) is 0 Å². The molecule has 0 fully saturated rings. The molecule has 0 spiro atoms. The molecule has 0 saturated carbocycles. The number of furan rings is 1. The molecule has 1 heterocycles. The molecule has 1 aromatic carbocycles. The van der Waals surface area contributed by atoms with Gasteiger partial charge in [0.1, 0.15) is 17.4 Å². The van der Waals surface area contributed by atoms with Crippen LogP contribution >= 0.6 is 0 Å². The van der Waals surface area contributed by atoms with E-state index < -0.39 is 23.7 Å². The van der Waals surface area contributed by atoms with E-state index in [0.29, 0.717) is 16.5 Å². The molecule has 1 amide bonds. The van der Waals surface area contributed by atoms with Crippen LogP contribution in [0.15, 0.2) is 22.6 Å². The Labute approximate surface area is 119 Å². The van der Waals surface area contributed by atoms with Gasteiger partial charge in [-0.2, -0.15) is 0 Å². The molecule has 3 N–H and O–H groups in total. The number of hydrogen-bond donors (Lipinski definition) is 3. The van der Waals surface area contributed by atoms with Gasteiger partial charge in [-0.3, -0.25) is 4.79 Å². The number of carbonyl (C=O) groups is 2. The number of amides is 1. The number of benzene rings is 1. The maximum atomic E-state index is 13.2. The van der Waals surface area contributed by atoms with Crippen LogP contribution < -0.4 is 5.32 Å². The standard InChI is InChI=1S/C14H14FNO5/c1-7-9-6-8(15)2-3-11(9)21-12(7)13(18)16-10(4-5-17)14(19)20/h2-3,6,10,17H,4-5H2,1H3,(H,16,18)(H,19,20)/t10-/m1/s1. The van der Waals surface area contributed by atoms with E-state index in [9.17, 15) is 14.0 Å². The van der Waals surface area contributed by atoms with Crippen molar-refractivity contribution in [2.75, 3.05) is 6.61 Å². The molecule has 2 rings (SSSR count). The van der Waals surface area contributed by atoms with Crippen molar-refractivity contribution in [1.29, 1.82) is 0 Å². The average Bonchev–Trinajstić information content (AvgIpc) is 2.75. The van der Waals surface area contributed by atoms with Crippen molar-refractivity contribution in [3.05, 3.63) is 35.3 Å². The summed E-state index contributed by atoms with van der Waals surface area (Å²) in [5.41, 5.74) is 0.767. The van der Waals surface area contributed by atoms with Gasteiger partial charge < -0.3 is 19.9 Å². The van der Waals surface area contributed by atoms with Gasteiger partial charge in [0.05, 0.1) is 0 Å². The second-order valence-electron chi connectivity index (χ2n) is 4.57. The lowest BCUT2D eigenvalue weighted by Gasteiger charge is -2.12. The highest BCUT2D eigenvalue weighted by Crippen LogP contribution is 2.26. The van der Waals surface area contributed by atoms with Gasteiger partial charge in [0.15, 0.2) is 5.76 Å². The Morgan fingerprint density at radius 2 is 2.14 bits per heavy atom. The van der Waals surface area contributed by atoms with Crippen molar-refractivity contribution in [1.82, 2.24) is 5.32 Å². The highest BCUT2D eigenvalue weighted by Gasteiger charge is 2.24. The van der Waals surface area contributed by atoms with Crippen LogP contribution in [-0.4, -0.2) is 34.7 Å². The smallest absolute Gasteiger partial charge is 0.326 e. The van der Waals surface area contributed by atoms with Crippen molar-refractivity contribution in [3.8, 4) is 0 Å². The number of aliphatic carboxylic acids is 1. The van der Waals surface area contributed by atoms with Crippen LogP contribution in [0.2, 0.25) is 0 Å². The first-order valence-electron chi connectivity index (χ1n) is 6.27. The Kier molecular flexibility index (Phi) is 4.23. The normalized spacial score (nSPS) is 12.3. The molecule has 112 valence electrons.